The smallest absolute Gasteiger partial charge is 0.237 e. The number of fused-ring (bicyclic) bond motifs is 1. The summed E-state index contributed by atoms with van der Waals surface area (Å²) in [7, 11) is 0. The fraction of sp³-hybridized carbons (Fsp3) is 0.231. The van der Waals surface area contributed by atoms with E-state index in [1.54, 1.807) is 12.4 Å². The Morgan fingerprint density at radius 1 is 1.06 bits per heavy atom. The lowest BCUT2D eigenvalue weighted by Crippen LogP contribution is -2.33. The largest absolute Gasteiger partial charge is 0.311 e. The number of anilines is 1. The van der Waals surface area contributed by atoms with Crippen LogP contribution in [0.5, 0.6) is 0 Å². The van der Waals surface area contributed by atoms with Gasteiger partial charge in [-0.1, -0.05) is 48.5 Å². The van der Waals surface area contributed by atoms with Crippen LogP contribution < -0.4 is 4.90 Å². The Morgan fingerprint density at radius 2 is 1.82 bits per heavy atom. The molecule has 0 spiro atoms. The van der Waals surface area contributed by atoms with Gasteiger partial charge in [0.2, 0.25) is 5.91 Å². The van der Waals surface area contributed by atoms with Gasteiger partial charge in [-0.3, -0.25) is 14.3 Å². The van der Waals surface area contributed by atoms with Gasteiger partial charge in [0.15, 0.2) is 11.0 Å². The summed E-state index contributed by atoms with van der Waals surface area (Å²) in [6, 6.07) is 20.3. The number of aromatic nitrogens is 4. The quantitative estimate of drug-likeness (QED) is 0.339. The van der Waals surface area contributed by atoms with Gasteiger partial charge in [0.1, 0.15) is 0 Å². The van der Waals surface area contributed by atoms with Crippen LogP contribution in [0.1, 0.15) is 18.9 Å². The predicted octanol–water partition coefficient (Wildman–Crippen LogP) is 5.65. The van der Waals surface area contributed by atoms with Crippen LogP contribution >= 0.6 is 23.5 Å². The molecule has 1 aliphatic heterocycles. The number of para-hydroxylation sites is 1. The van der Waals surface area contributed by atoms with Gasteiger partial charge in [0.25, 0.3) is 0 Å². The van der Waals surface area contributed by atoms with Crippen LogP contribution in [0.15, 0.2) is 83.1 Å². The minimum Gasteiger partial charge on any atom is -0.311 e. The molecule has 2 aromatic heterocycles. The molecule has 3 heterocycles. The number of hydrogen-bond donors (Lipinski definition) is 0. The molecule has 8 heteroatoms. The van der Waals surface area contributed by atoms with Crippen molar-refractivity contribution < 1.29 is 4.79 Å². The zero-order valence-electron chi connectivity index (χ0n) is 19.1. The van der Waals surface area contributed by atoms with Crippen molar-refractivity contribution in [1.82, 2.24) is 19.7 Å². The lowest BCUT2D eigenvalue weighted by molar-refractivity contribution is -0.116. The average molecular weight is 488 g/mol. The molecule has 1 aliphatic rings. The third-order valence-electron chi connectivity index (χ3n) is 5.73. The Kier molecular flexibility index (Phi) is 6.69. The van der Waals surface area contributed by atoms with E-state index < -0.39 is 0 Å². The molecule has 1 unspecified atom stereocenters. The summed E-state index contributed by atoms with van der Waals surface area (Å²) in [6.45, 7) is 5.00. The highest BCUT2D eigenvalue weighted by Crippen LogP contribution is 2.38. The number of aryl methyl sites for hydroxylation is 1. The first-order valence-electron chi connectivity index (χ1n) is 11.2. The number of thioether (sulfide) groups is 2. The average Bonchev–Trinajstić information content (AvgIpc) is 3.20. The van der Waals surface area contributed by atoms with Crippen LogP contribution in [0.4, 0.5) is 5.69 Å². The van der Waals surface area contributed by atoms with E-state index in [1.807, 2.05) is 51.6 Å². The number of nitrogens with zero attached hydrogens (tertiary/aromatic N) is 5. The zero-order valence-corrected chi connectivity index (χ0v) is 20.7. The first-order valence-corrected chi connectivity index (χ1v) is 13.1. The van der Waals surface area contributed by atoms with Gasteiger partial charge in [-0.15, -0.1) is 22.0 Å². The first kappa shape index (κ1) is 22.7. The number of amides is 1. The standard InChI is InChI=1S/C26H25N5OS2/c1-18-7-9-21(10-8-18)31-25(20-11-14-27-15-12-20)28-29-26(31)33-17-24(32)30-16-13-19(2)34-23-6-4-3-5-22(23)30/h3-12,14-15,19H,13,16-17H2,1-2H3. The molecule has 172 valence electrons. The van der Waals surface area contributed by atoms with E-state index >= 15 is 0 Å². The third-order valence-corrected chi connectivity index (χ3v) is 7.88. The van der Waals surface area contributed by atoms with Crippen LogP contribution in [0.25, 0.3) is 17.1 Å². The molecule has 0 saturated carbocycles. The molecule has 6 nitrogen and oxygen atoms in total. The van der Waals surface area contributed by atoms with E-state index in [0.29, 0.717) is 10.4 Å². The second-order valence-corrected chi connectivity index (χ2v) is 10.7. The Bertz CT molecular complexity index is 1290. The van der Waals surface area contributed by atoms with Crippen LogP contribution in [0.2, 0.25) is 0 Å². The van der Waals surface area contributed by atoms with Crippen molar-refractivity contribution in [2.45, 2.75) is 35.6 Å². The lowest BCUT2D eigenvalue weighted by atomic mass is 10.2. The lowest BCUT2D eigenvalue weighted by Gasteiger charge is -2.22. The minimum absolute atomic E-state index is 0.0797. The number of pyridine rings is 1. The Balaban J connectivity index is 1.43. The topological polar surface area (TPSA) is 63.9 Å². The van der Waals surface area contributed by atoms with E-state index in [-0.39, 0.29) is 11.7 Å². The van der Waals surface area contributed by atoms with E-state index in [2.05, 4.69) is 59.4 Å². The Morgan fingerprint density at radius 3 is 2.62 bits per heavy atom. The summed E-state index contributed by atoms with van der Waals surface area (Å²) in [4.78, 5) is 20.6. The van der Waals surface area contributed by atoms with Gasteiger partial charge in [-0.05, 0) is 49.7 Å². The van der Waals surface area contributed by atoms with Crippen LogP contribution in [0.3, 0.4) is 0 Å². The van der Waals surface area contributed by atoms with Crippen LogP contribution in [-0.4, -0.2) is 43.2 Å². The van der Waals surface area contributed by atoms with Crippen molar-refractivity contribution in [2.24, 2.45) is 0 Å². The molecule has 1 amide bonds. The van der Waals surface area contributed by atoms with Crippen molar-refractivity contribution in [1.29, 1.82) is 0 Å². The summed E-state index contributed by atoms with van der Waals surface area (Å²) < 4.78 is 2.01. The molecule has 0 radical (unpaired) electrons. The molecule has 34 heavy (non-hydrogen) atoms. The fourth-order valence-electron chi connectivity index (χ4n) is 3.93. The van der Waals surface area contributed by atoms with E-state index in [0.717, 1.165) is 40.6 Å². The highest BCUT2D eigenvalue weighted by Gasteiger charge is 2.25. The summed E-state index contributed by atoms with van der Waals surface area (Å²) in [5, 5.41) is 10.1. The number of rotatable bonds is 5. The minimum atomic E-state index is 0.0797. The maximum absolute atomic E-state index is 13.4. The fourth-order valence-corrected chi connectivity index (χ4v) is 5.87. The highest BCUT2D eigenvalue weighted by molar-refractivity contribution is 8.00. The second-order valence-electron chi connectivity index (χ2n) is 8.23. The maximum atomic E-state index is 13.4. The maximum Gasteiger partial charge on any atom is 0.237 e. The summed E-state index contributed by atoms with van der Waals surface area (Å²) in [6.07, 6.45) is 4.45. The molecule has 1 atom stereocenters. The molecule has 0 N–H and O–H groups in total. The molecule has 0 saturated heterocycles. The van der Waals surface area contributed by atoms with Gasteiger partial charge in [0, 0.05) is 40.3 Å². The van der Waals surface area contributed by atoms with E-state index in [1.165, 1.54) is 17.3 Å². The second kappa shape index (κ2) is 10.0. The first-order chi connectivity index (χ1) is 16.6. The Labute approximate surface area is 207 Å². The van der Waals surface area contributed by atoms with Crippen molar-refractivity contribution in [2.75, 3.05) is 17.2 Å². The van der Waals surface area contributed by atoms with E-state index in [4.69, 9.17) is 0 Å². The molecule has 0 fully saturated rings. The van der Waals surface area contributed by atoms with Crippen molar-refractivity contribution >= 4 is 35.1 Å². The molecule has 4 aromatic rings. The highest BCUT2D eigenvalue weighted by atomic mass is 32.2. The summed E-state index contributed by atoms with van der Waals surface area (Å²) in [5.74, 6) is 1.09. The number of hydrogen-bond acceptors (Lipinski definition) is 6. The van der Waals surface area contributed by atoms with Gasteiger partial charge in [-0.25, -0.2) is 0 Å². The molecule has 0 bridgehead atoms. The predicted molar refractivity (Wildman–Crippen MR) is 139 cm³/mol. The summed E-state index contributed by atoms with van der Waals surface area (Å²) in [5.41, 5.74) is 4.06. The van der Waals surface area contributed by atoms with Crippen molar-refractivity contribution in [3.05, 3.63) is 78.6 Å². The molecule has 2 aromatic carbocycles. The third kappa shape index (κ3) is 4.74. The van der Waals surface area contributed by atoms with Gasteiger partial charge >= 0.3 is 0 Å². The van der Waals surface area contributed by atoms with Crippen LogP contribution in [-0.2, 0) is 4.79 Å². The molecular formula is C26H25N5OS2. The van der Waals surface area contributed by atoms with Gasteiger partial charge in [-0.2, -0.15) is 0 Å². The normalized spacial score (nSPS) is 15.6. The van der Waals surface area contributed by atoms with Gasteiger partial charge < -0.3 is 4.90 Å². The Hall–Kier alpha value is -3.10. The molecule has 0 aliphatic carbocycles. The monoisotopic (exact) mass is 487 g/mol. The van der Waals surface area contributed by atoms with Crippen molar-refractivity contribution in [3.8, 4) is 17.1 Å². The molecule has 5 rings (SSSR count). The number of carbonyl (C=O) groups is 1. The van der Waals surface area contributed by atoms with E-state index in [9.17, 15) is 4.79 Å². The van der Waals surface area contributed by atoms with Crippen LogP contribution in [0, 0.1) is 6.92 Å². The van der Waals surface area contributed by atoms with Gasteiger partial charge in [0.05, 0.1) is 11.4 Å². The number of benzene rings is 2. The number of carbonyl (C=O) groups excluding carboxylic acids is 1. The van der Waals surface area contributed by atoms with Crippen molar-refractivity contribution in [3.63, 3.8) is 0 Å². The molecular weight excluding hydrogens is 462 g/mol. The summed E-state index contributed by atoms with van der Waals surface area (Å²) >= 11 is 3.26. The zero-order chi connectivity index (χ0) is 23.5. The SMILES string of the molecule is Cc1ccc(-n2c(SCC(=O)N3CCC(C)Sc4ccccc43)nnc2-c2ccncc2)cc1.